The quantitative estimate of drug-likeness (QED) is 0.228. The number of rotatable bonds is 0. The molecule has 5 heteroatoms. The van der Waals surface area contributed by atoms with Crippen molar-refractivity contribution in [2.75, 3.05) is 0 Å². The Bertz CT molecular complexity index is 31.8. The molecule has 0 spiro atoms. The fraction of sp³-hybridized carbons (Fsp3) is 0. The third kappa shape index (κ3) is 59.6. The van der Waals surface area contributed by atoms with Gasteiger partial charge in [0.05, 0.1) is 0 Å². The van der Waals surface area contributed by atoms with Gasteiger partial charge in [-0.2, -0.15) is 0 Å². The molecule has 0 rings (SSSR count). The van der Waals surface area contributed by atoms with Crippen LogP contribution < -0.4 is 69.3 Å². The van der Waals surface area contributed by atoms with Crippen LogP contribution in [0.15, 0.2) is 0 Å². The molecule has 0 saturated heterocycles. The van der Waals surface area contributed by atoms with Crippen LogP contribution in [0.2, 0.25) is 0 Å². The van der Waals surface area contributed by atoms with Gasteiger partial charge in [0.25, 0.3) is 0 Å². The molecular formula is CNa2O3. The van der Waals surface area contributed by atoms with Gasteiger partial charge in [-0.15, -0.1) is 0 Å². The molecule has 0 unspecified atom stereocenters. The van der Waals surface area contributed by atoms with E-state index in [1.165, 1.54) is 0 Å². The van der Waals surface area contributed by atoms with Crippen LogP contribution in [0.1, 0.15) is 0 Å². The van der Waals surface area contributed by atoms with E-state index in [9.17, 15) is 0 Å². The average Bonchev–Trinajstić information content (AvgIpc) is 0.811. The Morgan fingerprint density at radius 1 is 1.17 bits per heavy atom. The molecule has 0 aromatic heterocycles. The van der Waals surface area contributed by atoms with Gasteiger partial charge in [0, 0.05) is 0 Å². The van der Waals surface area contributed by atoms with Gasteiger partial charge in [-0.25, -0.2) is 0 Å². The maximum Gasteiger partial charge on any atom is 1.00 e. The van der Waals surface area contributed by atoms with E-state index in [1.54, 1.807) is 0 Å². The van der Waals surface area contributed by atoms with E-state index in [4.69, 9.17) is 15.0 Å². The first-order chi connectivity index (χ1) is 1.73. The van der Waals surface area contributed by atoms with Crippen molar-refractivity contribution in [2.45, 2.75) is 0 Å². The predicted molar refractivity (Wildman–Crippen MR) is 5.40 cm³/mol. The minimum Gasteiger partial charge on any atom is -0.652 e. The van der Waals surface area contributed by atoms with Crippen LogP contribution in [0.5, 0.6) is 0 Å². The summed E-state index contributed by atoms with van der Waals surface area (Å²) in [5.41, 5.74) is 0. The van der Waals surface area contributed by atoms with Gasteiger partial charge in [0.2, 0.25) is 0 Å². The van der Waals surface area contributed by atoms with E-state index < -0.39 is 6.16 Å². The first-order valence-corrected chi connectivity index (χ1v) is 0.612. The van der Waals surface area contributed by atoms with Crippen molar-refractivity contribution in [1.29, 1.82) is 0 Å². The summed E-state index contributed by atoms with van der Waals surface area (Å²) < 4.78 is 0. The van der Waals surface area contributed by atoms with Crippen LogP contribution in [0.3, 0.4) is 0 Å². The number of hydrogen-bond acceptors (Lipinski definition) is 3. The standard InChI is InChI=1S/CH2O3.2Na/c2-1(3)4;;/h(H2,2,3,4);;/q;2*+1/p-2/i1+1;;. The number of carbonyl (C=O) groups is 1. The average molecular weight is 107 g/mol. The second-order valence-electron chi connectivity index (χ2n) is 0.250. The van der Waals surface area contributed by atoms with Crippen LogP contribution in [0, 0.1) is 0 Å². The molecule has 6 heavy (non-hydrogen) atoms. The summed E-state index contributed by atoms with van der Waals surface area (Å²) >= 11 is 0. The van der Waals surface area contributed by atoms with Crippen LogP contribution in [-0.4, -0.2) is 6.16 Å². The van der Waals surface area contributed by atoms with Crippen LogP contribution >= 0.6 is 0 Å². The zero-order valence-corrected chi connectivity index (χ0v) is 7.72. The first kappa shape index (κ1) is 15.7. The summed E-state index contributed by atoms with van der Waals surface area (Å²) in [6.07, 6.45) is -2.33. The molecule has 0 atom stereocenters. The fourth-order valence-corrected chi connectivity index (χ4v) is 0. The molecule has 0 N–H and O–H groups in total. The Labute approximate surface area is 79.3 Å². The van der Waals surface area contributed by atoms with Gasteiger partial charge < -0.3 is 15.0 Å². The molecular weight excluding hydrogens is 107 g/mol. The van der Waals surface area contributed by atoms with E-state index >= 15 is 0 Å². The third-order valence-corrected chi connectivity index (χ3v) is 0. The fourth-order valence-electron chi connectivity index (χ4n) is 0. The Balaban J connectivity index is -0.0000000450. The van der Waals surface area contributed by atoms with E-state index in [-0.39, 0.29) is 59.1 Å². The molecule has 0 heterocycles. The van der Waals surface area contributed by atoms with Crippen molar-refractivity contribution >= 4 is 6.16 Å². The van der Waals surface area contributed by atoms with Crippen molar-refractivity contribution in [3.63, 3.8) is 0 Å². The minimum atomic E-state index is -2.33. The number of carbonyl (C=O) groups excluding carboxylic acids is 1. The molecule has 0 aromatic carbocycles. The Morgan fingerprint density at radius 2 is 1.17 bits per heavy atom. The van der Waals surface area contributed by atoms with E-state index in [0.29, 0.717) is 0 Å². The van der Waals surface area contributed by atoms with Crippen molar-refractivity contribution in [2.24, 2.45) is 0 Å². The molecule has 0 fully saturated rings. The molecule has 24 valence electrons. The molecule has 0 radical (unpaired) electrons. The number of carboxylic acid groups (broad SMARTS) is 2. The summed E-state index contributed by atoms with van der Waals surface area (Å²) in [6, 6.07) is 0. The van der Waals surface area contributed by atoms with Crippen LogP contribution in [0.4, 0.5) is 4.79 Å². The molecule has 0 aliphatic rings. The van der Waals surface area contributed by atoms with Gasteiger partial charge in [0.15, 0.2) is 0 Å². The Morgan fingerprint density at radius 3 is 1.17 bits per heavy atom. The van der Waals surface area contributed by atoms with Crippen LogP contribution in [-0.2, 0) is 0 Å². The normalized spacial score (nSPS) is 4.00. The second-order valence-corrected chi connectivity index (χ2v) is 0.250. The summed E-state index contributed by atoms with van der Waals surface area (Å²) in [5, 5.41) is 16.7. The van der Waals surface area contributed by atoms with Crippen molar-refractivity contribution in [1.82, 2.24) is 0 Å². The third-order valence-electron chi connectivity index (χ3n) is 0. The number of hydrogen-bond donors (Lipinski definition) is 0. The summed E-state index contributed by atoms with van der Waals surface area (Å²) in [7, 11) is 0. The van der Waals surface area contributed by atoms with E-state index in [2.05, 4.69) is 0 Å². The van der Waals surface area contributed by atoms with Gasteiger partial charge in [0.1, 0.15) is 0 Å². The van der Waals surface area contributed by atoms with Gasteiger partial charge in [-0.05, 0) is 6.16 Å². The van der Waals surface area contributed by atoms with Crippen molar-refractivity contribution in [3.05, 3.63) is 0 Å². The SMILES string of the molecule is O=[13C]([O-])[O-].[Na+].[Na+]. The van der Waals surface area contributed by atoms with Gasteiger partial charge >= 0.3 is 59.1 Å². The maximum atomic E-state index is 8.33. The first-order valence-electron chi connectivity index (χ1n) is 0.612. The smallest absolute Gasteiger partial charge is 0.652 e. The molecule has 0 aliphatic heterocycles. The molecule has 0 bridgehead atoms. The molecule has 0 aliphatic carbocycles. The van der Waals surface area contributed by atoms with Gasteiger partial charge in [-0.3, -0.25) is 0 Å². The summed E-state index contributed by atoms with van der Waals surface area (Å²) in [4.78, 5) is 8.33. The zero-order chi connectivity index (χ0) is 3.58. The van der Waals surface area contributed by atoms with E-state index in [0.717, 1.165) is 0 Å². The summed E-state index contributed by atoms with van der Waals surface area (Å²) in [5.74, 6) is 0. The van der Waals surface area contributed by atoms with Crippen LogP contribution in [0.25, 0.3) is 0 Å². The van der Waals surface area contributed by atoms with Gasteiger partial charge in [-0.1, -0.05) is 0 Å². The zero-order valence-electron chi connectivity index (χ0n) is 3.72. The topological polar surface area (TPSA) is 63.2 Å². The maximum absolute atomic E-state index is 8.33. The molecule has 0 saturated carbocycles. The Hall–Kier alpha value is 1.27. The van der Waals surface area contributed by atoms with E-state index in [1.807, 2.05) is 0 Å². The summed E-state index contributed by atoms with van der Waals surface area (Å²) in [6.45, 7) is 0. The molecule has 3 nitrogen and oxygen atoms in total. The Kier molecular flexibility index (Phi) is 25.0. The largest absolute Gasteiger partial charge is 1.00 e. The van der Waals surface area contributed by atoms with Crippen molar-refractivity contribution < 1.29 is 74.1 Å². The monoisotopic (exact) mass is 107 g/mol. The molecule has 0 aromatic rings. The second kappa shape index (κ2) is 9.55. The van der Waals surface area contributed by atoms with Crippen molar-refractivity contribution in [3.8, 4) is 0 Å². The minimum absolute atomic E-state index is 0. The molecule has 0 amide bonds. The predicted octanol–water partition coefficient (Wildman–Crippen LogP) is -8.44.